The lowest BCUT2D eigenvalue weighted by molar-refractivity contribution is -0.144. The van der Waals surface area contributed by atoms with E-state index in [0.717, 1.165) is 36.0 Å². The predicted molar refractivity (Wildman–Crippen MR) is 109 cm³/mol. The molecule has 2 aromatic rings. The molecule has 0 saturated heterocycles. The Hall–Kier alpha value is -2.51. The van der Waals surface area contributed by atoms with Gasteiger partial charge in [-0.15, -0.1) is 0 Å². The number of ether oxygens (including phenoxy) is 1. The first-order valence-electron chi connectivity index (χ1n) is 9.60. The van der Waals surface area contributed by atoms with Crippen molar-refractivity contribution in [1.82, 2.24) is 4.72 Å². The summed E-state index contributed by atoms with van der Waals surface area (Å²) in [6, 6.07) is 10.3. The lowest BCUT2D eigenvalue weighted by atomic mass is 10.0. The second-order valence-corrected chi connectivity index (χ2v) is 9.17. The number of hydrogen-bond acceptors (Lipinski definition) is 5. The molecule has 2 aromatic carbocycles. The van der Waals surface area contributed by atoms with Crippen LogP contribution in [0.3, 0.4) is 0 Å². The number of sulfonamides is 1. The molecule has 0 aliphatic heterocycles. The van der Waals surface area contributed by atoms with E-state index in [9.17, 15) is 18.0 Å². The number of rotatable bonds is 7. The maximum Gasteiger partial charge on any atom is 0.321 e. The largest absolute Gasteiger partial charge is 0.453 e. The van der Waals surface area contributed by atoms with Crippen molar-refractivity contribution in [3.63, 3.8) is 0 Å². The van der Waals surface area contributed by atoms with E-state index in [1.54, 1.807) is 18.2 Å². The molecule has 0 aromatic heterocycles. The summed E-state index contributed by atoms with van der Waals surface area (Å²) in [6.45, 7) is 4.65. The van der Waals surface area contributed by atoms with Crippen LogP contribution in [0.1, 0.15) is 46.0 Å². The minimum absolute atomic E-state index is 0.0793. The van der Waals surface area contributed by atoms with E-state index in [0.29, 0.717) is 5.56 Å². The summed E-state index contributed by atoms with van der Waals surface area (Å²) in [6.07, 6.45) is 2.06. The van der Waals surface area contributed by atoms with Crippen LogP contribution in [-0.4, -0.2) is 32.8 Å². The number of Topliss-reactive ketones (excluding diaryl/α,β-unsaturated/α-hetero) is 1. The first-order valence-corrected chi connectivity index (χ1v) is 11.1. The van der Waals surface area contributed by atoms with Crippen LogP contribution in [0.5, 0.6) is 0 Å². The first kappa shape index (κ1) is 21.2. The van der Waals surface area contributed by atoms with E-state index >= 15 is 0 Å². The Morgan fingerprint density at radius 1 is 1.03 bits per heavy atom. The zero-order valence-electron chi connectivity index (χ0n) is 16.8. The van der Waals surface area contributed by atoms with Gasteiger partial charge in [0.15, 0.2) is 6.10 Å². The summed E-state index contributed by atoms with van der Waals surface area (Å²) in [4.78, 5) is 24.7. The summed E-state index contributed by atoms with van der Waals surface area (Å²) in [5.74, 6) is -1.11. The van der Waals surface area contributed by atoms with Gasteiger partial charge in [0.1, 0.15) is 6.54 Å². The van der Waals surface area contributed by atoms with Crippen LogP contribution in [0.25, 0.3) is 0 Å². The molecule has 1 N–H and O–H groups in total. The highest BCUT2D eigenvalue weighted by atomic mass is 32.2. The van der Waals surface area contributed by atoms with Gasteiger partial charge in [-0.2, -0.15) is 4.72 Å². The van der Waals surface area contributed by atoms with Gasteiger partial charge in [-0.25, -0.2) is 8.42 Å². The molecule has 0 bridgehead atoms. The van der Waals surface area contributed by atoms with Gasteiger partial charge >= 0.3 is 5.97 Å². The summed E-state index contributed by atoms with van der Waals surface area (Å²) in [7, 11) is -3.85. The molecule has 0 amide bonds. The standard InChI is InChI=1S/C22H25NO5S/c1-14-7-10-20(11-15(14)2)29(26,27)23-13-21(24)28-16(3)22(25)19-9-8-17-5-4-6-18(17)12-19/h7-12,16,23H,4-6,13H2,1-3H3. The summed E-state index contributed by atoms with van der Waals surface area (Å²) >= 11 is 0. The van der Waals surface area contributed by atoms with Crippen LogP contribution in [0.4, 0.5) is 0 Å². The molecule has 0 fully saturated rings. The molecule has 1 unspecified atom stereocenters. The lowest BCUT2D eigenvalue weighted by Crippen LogP contribution is -2.34. The molecule has 1 aliphatic carbocycles. The van der Waals surface area contributed by atoms with Crippen LogP contribution in [0, 0.1) is 13.8 Å². The Morgan fingerprint density at radius 3 is 2.48 bits per heavy atom. The Labute approximate surface area is 171 Å². The number of carbonyl (C=O) groups is 2. The van der Waals surface area contributed by atoms with Gasteiger partial charge in [0.05, 0.1) is 4.90 Å². The van der Waals surface area contributed by atoms with Crippen LogP contribution in [0.2, 0.25) is 0 Å². The minimum atomic E-state index is -3.85. The maximum absolute atomic E-state index is 12.6. The highest BCUT2D eigenvalue weighted by Crippen LogP contribution is 2.23. The second-order valence-electron chi connectivity index (χ2n) is 7.40. The normalized spacial score (nSPS) is 14.3. The highest BCUT2D eigenvalue weighted by molar-refractivity contribution is 7.89. The predicted octanol–water partition coefficient (Wildman–Crippen LogP) is 2.89. The zero-order valence-corrected chi connectivity index (χ0v) is 17.6. The van der Waals surface area contributed by atoms with E-state index in [4.69, 9.17) is 4.74 Å². The van der Waals surface area contributed by atoms with Crippen LogP contribution in [-0.2, 0) is 32.4 Å². The number of aryl methyl sites for hydroxylation is 4. The second kappa shape index (κ2) is 8.47. The summed E-state index contributed by atoms with van der Waals surface area (Å²) < 4.78 is 32.1. The van der Waals surface area contributed by atoms with Crippen LogP contribution < -0.4 is 4.72 Å². The number of esters is 1. The molecule has 3 rings (SSSR count). The zero-order chi connectivity index (χ0) is 21.2. The van der Waals surface area contributed by atoms with Crippen molar-refractivity contribution in [3.8, 4) is 0 Å². The minimum Gasteiger partial charge on any atom is -0.453 e. The molecular weight excluding hydrogens is 390 g/mol. The van der Waals surface area contributed by atoms with E-state index in [1.807, 2.05) is 26.0 Å². The molecule has 7 heteroatoms. The number of ketones is 1. The van der Waals surface area contributed by atoms with Gasteiger partial charge < -0.3 is 4.74 Å². The monoisotopic (exact) mass is 415 g/mol. The Bertz CT molecular complexity index is 1060. The number of benzene rings is 2. The van der Waals surface area contributed by atoms with Gasteiger partial charge in [0, 0.05) is 5.56 Å². The number of nitrogens with one attached hydrogen (secondary N) is 1. The van der Waals surface area contributed by atoms with E-state index in [1.165, 1.54) is 18.6 Å². The van der Waals surface area contributed by atoms with Crippen molar-refractivity contribution in [3.05, 3.63) is 64.2 Å². The fourth-order valence-electron chi connectivity index (χ4n) is 3.37. The quantitative estimate of drug-likeness (QED) is 0.555. The van der Waals surface area contributed by atoms with E-state index in [2.05, 4.69) is 4.72 Å². The molecule has 154 valence electrons. The third-order valence-corrected chi connectivity index (χ3v) is 6.65. The smallest absolute Gasteiger partial charge is 0.321 e. The van der Waals surface area contributed by atoms with Crippen molar-refractivity contribution >= 4 is 21.8 Å². The number of carbonyl (C=O) groups excluding carboxylic acids is 2. The number of fused-ring (bicyclic) bond motifs is 1. The van der Waals surface area contributed by atoms with Crippen molar-refractivity contribution in [2.24, 2.45) is 0 Å². The van der Waals surface area contributed by atoms with E-state index < -0.39 is 28.6 Å². The van der Waals surface area contributed by atoms with Crippen molar-refractivity contribution in [2.45, 2.75) is 51.0 Å². The summed E-state index contributed by atoms with van der Waals surface area (Å²) in [5.41, 5.74) is 4.73. The topological polar surface area (TPSA) is 89.5 Å². The van der Waals surface area contributed by atoms with E-state index in [-0.39, 0.29) is 10.7 Å². The average molecular weight is 416 g/mol. The molecule has 0 heterocycles. The molecule has 1 aliphatic rings. The molecule has 0 radical (unpaired) electrons. The highest BCUT2D eigenvalue weighted by Gasteiger charge is 2.23. The summed E-state index contributed by atoms with van der Waals surface area (Å²) in [5, 5.41) is 0. The molecule has 1 atom stereocenters. The van der Waals surface area contributed by atoms with Crippen LogP contribution >= 0.6 is 0 Å². The van der Waals surface area contributed by atoms with Crippen LogP contribution in [0.15, 0.2) is 41.3 Å². The van der Waals surface area contributed by atoms with Gasteiger partial charge in [-0.05, 0) is 80.5 Å². The molecule has 6 nitrogen and oxygen atoms in total. The molecule has 0 saturated carbocycles. The third-order valence-electron chi connectivity index (χ3n) is 5.26. The van der Waals surface area contributed by atoms with Gasteiger partial charge in [0.25, 0.3) is 0 Å². The van der Waals surface area contributed by atoms with Crippen molar-refractivity contribution < 1.29 is 22.7 Å². The molecular formula is C22H25NO5S. The Kier molecular flexibility index (Phi) is 6.19. The maximum atomic E-state index is 12.6. The third kappa shape index (κ3) is 4.92. The van der Waals surface area contributed by atoms with Gasteiger partial charge in [-0.3, -0.25) is 9.59 Å². The van der Waals surface area contributed by atoms with Crippen molar-refractivity contribution in [1.29, 1.82) is 0 Å². The molecule has 29 heavy (non-hydrogen) atoms. The SMILES string of the molecule is Cc1ccc(S(=O)(=O)NCC(=O)OC(C)C(=O)c2ccc3c(c2)CCC3)cc1C. The first-order chi connectivity index (χ1) is 13.7. The Balaban J connectivity index is 1.58. The van der Waals surface area contributed by atoms with Gasteiger partial charge in [0.2, 0.25) is 15.8 Å². The average Bonchev–Trinajstić information content (AvgIpc) is 3.15. The fourth-order valence-corrected chi connectivity index (χ4v) is 4.42. The fraction of sp³-hybridized carbons (Fsp3) is 0.364. The lowest BCUT2D eigenvalue weighted by Gasteiger charge is -2.14. The Morgan fingerprint density at radius 2 is 1.76 bits per heavy atom. The molecule has 0 spiro atoms. The van der Waals surface area contributed by atoms with Gasteiger partial charge in [-0.1, -0.05) is 18.2 Å². The number of hydrogen-bond donors (Lipinski definition) is 1. The van der Waals surface area contributed by atoms with Crippen molar-refractivity contribution in [2.75, 3.05) is 6.54 Å².